The van der Waals surface area contributed by atoms with E-state index in [2.05, 4.69) is 5.32 Å². The van der Waals surface area contributed by atoms with Crippen LogP contribution in [0.25, 0.3) is 0 Å². The second-order valence-corrected chi connectivity index (χ2v) is 4.79. The second-order valence-electron chi connectivity index (χ2n) is 4.79. The molecule has 1 aliphatic rings. The highest BCUT2D eigenvalue weighted by Gasteiger charge is 2.35. The van der Waals surface area contributed by atoms with Crippen molar-refractivity contribution in [2.45, 2.75) is 19.1 Å². The first kappa shape index (κ1) is 15.3. The SMILES string of the molecule is CC(=O)N1CC(NC(=O)c2ccc(C(F)(F)F)c(F)c2)C1. The number of hydrogen-bond donors (Lipinski definition) is 1. The lowest BCUT2D eigenvalue weighted by atomic mass is 10.1. The standard InChI is InChI=1S/C13H12F4N2O2/c1-7(20)19-5-9(6-19)18-12(21)8-2-3-10(11(14)4-8)13(15,16)17/h2-4,9H,5-6H2,1H3,(H,18,21). The van der Waals surface area contributed by atoms with E-state index >= 15 is 0 Å². The Hall–Kier alpha value is -2.12. The summed E-state index contributed by atoms with van der Waals surface area (Å²) in [4.78, 5) is 24.2. The maximum Gasteiger partial charge on any atom is 0.419 e. The zero-order chi connectivity index (χ0) is 15.8. The van der Waals surface area contributed by atoms with Gasteiger partial charge in [0.25, 0.3) is 5.91 Å². The molecule has 0 saturated carbocycles. The van der Waals surface area contributed by atoms with E-state index in [4.69, 9.17) is 0 Å². The van der Waals surface area contributed by atoms with Gasteiger partial charge in [0.05, 0.1) is 11.6 Å². The molecular formula is C13H12F4N2O2. The Kier molecular flexibility index (Phi) is 3.89. The molecule has 0 aromatic heterocycles. The molecule has 1 aromatic carbocycles. The van der Waals surface area contributed by atoms with Crippen molar-refractivity contribution in [2.75, 3.05) is 13.1 Å². The van der Waals surface area contributed by atoms with Gasteiger partial charge in [-0.25, -0.2) is 4.39 Å². The minimum absolute atomic E-state index is 0.124. The molecule has 1 aliphatic heterocycles. The molecule has 1 saturated heterocycles. The molecule has 0 spiro atoms. The fraction of sp³-hybridized carbons (Fsp3) is 0.385. The predicted molar refractivity (Wildman–Crippen MR) is 64.9 cm³/mol. The maximum absolute atomic E-state index is 13.4. The summed E-state index contributed by atoms with van der Waals surface area (Å²) in [7, 11) is 0. The van der Waals surface area contributed by atoms with Crippen molar-refractivity contribution in [2.24, 2.45) is 0 Å². The van der Waals surface area contributed by atoms with Crippen molar-refractivity contribution >= 4 is 11.8 Å². The van der Waals surface area contributed by atoms with Gasteiger partial charge in [0.2, 0.25) is 5.91 Å². The van der Waals surface area contributed by atoms with E-state index < -0.39 is 23.5 Å². The van der Waals surface area contributed by atoms with Crippen LogP contribution in [0.1, 0.15) is 22.8 Å². The van der Waals surface area contributed by atoms with Gasteiger partial charge in [-0.3, -0.25) is 9.59 Å². The molecule has 0 aliphatic carbocycles. The monoisotopic (exact) mass is 304 g/mol. The third kappa shape index (κ3) is 3.32. The topological polar surface area (TPSA) is 49.4 Å². The normalized spacial score (nSPS) is 15.6. The van der Waals surface area contributed by atoms with E-state index in [0.717, 1.165) is 6.07 Å². The second kappa shape index (κ2) is 5.34. The maximum atomic E-state index is 13.4. The van der Waals surface area contributed by atoms with Crippen LogP contribution < -0.4 is 5.32 Å². The molecule has 1 aromatic rings. The highest BCUT2D eigenvalue weighted by Crippen LogP contribution is 2.31. The molecule has 0 atom stereocenters. The number of carbonyl (C=O) groups is 2. The van der Waals surface area contributed by atoms with Crippen molar-refractivity contribution in [3.8, 4) is 0 Å². The van der Waals surface area contributed by atoms with Gasteiger partial charge in [-0.15, -0.1) is 0 Å². The lowest BCUT2D eigenvalue weighted by Gasteiger charge is -2.38. The molecule has 4 nitrogen and oxygen atoms in total. The van der Waals surface area contributed by atoms with Gasteiger partial charge < -0.3 is 10.2 Å². The van der Waals surface area contributed by atoms with Crippen LogP contribution in [-0.4, -0.2) is 35.8 Å². The van der Waals surface area contributed by atoms with Crippen LogP contribution in [0.3, 0.4) is 0 Å². The number of benzene rings is 1. The average molecular weight is 304 g/mol. The molecule has 8 heteroatoms. The first-order chi connectivity index (χ1) is 9.68. The van der Waals surface area contributed by atoms with E-state index in [1.54, 1.807) is 0 Å². The lowest BCUT2D eigenvalue weighted by molar-refractivity contribution is -0.140. The van der Waals surface area contributed by atoms with Crippen LogP contribution >= 0.6 is 0 Å². The number of nitrogens with one attached hydrogen (secondary N) is 1. The summed E-state index contributed by atoms with van der Waals surface area (Å²) in [5.74, 6) is -2.29. The Labute approximate surface area is 117 Å². The highest BCUT2D eigenvalue weighted by atomic mass is 19.4. The number of nitrogens with zero attached hydrogens (tertiary/aromatic N) is 1. The molecule has 114 valence electrons. The Morgan fingerprint density at radius 2 is 1.90 bits per heavy atom. The summed E-state index contributed by atoms with van der Waals surface area (Å²) in [6.07, 6.45) is -4.80. The fourth-order valence-corrected chi connectivity index (χ4v) is 1.98. The van der Waals surface area contributed by atoms with Gasteiger partial charge in [-0.2, -0.15) is 13.2 Å². The minimum atomic E-state index is -4.80. The van der Waals surface area contributed by atoms with Crippen molar-refractivity contribution in [1.29, 1.82) is 0 Å². The van der Waals surface area contributed by atoms with Gasteiger partial charge in [-0.05, 0) is 18.2 Å². The van der Waals surface area contributed by atoms with E-state index in [0.29, 0.717) is 25.2 Å². The van der Waals surface area contributed by atoms with Gasteiger partial charge in [0.15, 0.2) is 0 Å². The highest BCUT2D eigenvalue weighted by molar-refractivity contribution is 5.94. The fourth-order valence-electron chi connectivity index (χ4n) is 1.98. The quantitative estimate of drug-likeness (QED) is 0.847. The Balaban J connectivity index is 2.01. The van der Waals surface area contributed by atoms with Crippen LogP contribution in [0.2, 0.25) is 0 Å². The van der Waals surface area contributed by atoms with Crippen LogP contribution in [0.15, 0.2) is 18.2 Å². The third-order valence-corrected chi connectivity index (χ3v) is 3.20. The lowest BCUT2D eigenvalue weighted by Crippen LogP contribution is -2.60. The number of rotatable bonds is 2. The molecular weight excluding hydrogens is 292 g/mol. The van der Waals surface area contributed by atoms with E-state index in [1.165, 1.54) is 11.8 Å². The Morgan fingerprint density at radius 1 is 1.29 bits per heavy atom. The minimum Gasteiger partial charge on any atom is -0.346 e. The van der Waals surface area contributed by atoms with Crippen molar-refractivity contribution in [1.82, 2.24) is 10.2 Å². The molecule has 2 rings (SSSR count). The summed E-state index contributed by atoms with van der Waals surface area (Å²) >= 11 is 0. The predicted octanol–water partition coefficient (Wildman–Crippen LogP) is 1.81. The summed E-state index contributed by atoms with van der Waals surface area (Å²) in [5, 5.41) is 2.52. The summed E-state index contributed by atoms with van der Waals surface area (Å²) in [6, 6.07) is 1.74. The van der Waals surface area contributed by atoms with Crippen molar-refractivity contribution in [3.63, 3.8) is 0 Å². The van der Waals surface area contributed by atoms with Crippen molar-refractivity contribution < 1.29 is 27.2 Å². The Morgan fingerprint density at radius 3 is 2.38 bits per heavy atom. The number of amides is 2. The molecule has 1 heterocycles. The molecule has 0 unspecified atom stereocenters. The van der Waals surface area contributed by atoms with Gasteiger partial charge in [-0.1, -0.05) is 0 Å². The first-order valence-corrected chi connectivity index (χ1v) is 6.11. The van der Waals surface area contributed by atoms with E-state index in [9.17, 15) is 27.2 Å². The van der Waals surface area contributed by atoms with Crippen LogP contribution in [0, 0.1) is 5.82 Å². The number of halogens is 4. The van der Waals surface area contributed by atoms with Gasteiger partial charge in [0.1, 0.15) is 5.82 Å². The average Bonchev–Trinajstić information content (AvgIpc) is 2.30. The molecule has 2 amide bonds. The van der Waals surface area contributed by atoms with E-state index in [1.807, 2.05) is 0 Å². The zero-order valence-corrected chi connectivity index (χ0v) is 11.0. The smallest absolute Gasteiger partial charge is 0.346 e. The van der Waals surface area contributed by atoms with Crippen LogP contribution in [-0.2, 0) is 11.0 Å². The molecule has 1 N–H and O–H groups in total. The first-order valence-electron chi connectivity index (χ1n) is 6.11. The molecule has 21 heavy (non-hydrogen) atoms. The number of alkyl halides is 3. The van der Waals surface area contributed by atoms with E-state index in [-0.39, 0.29) is 17.5 Å². The van der Waals surface area contributed by atoms with Crippen molar-refractivity contribution in [3.05, 3.63) is 35.1 Å². The Bertz CT molecular complexity index is 580. The van der Waals surface area contributed by atoms with Crippen LogP contribution in [0.4, 0.5) is 17.6 Å². The molecule has 0 bridgehead atoms. The molecule has 1 fully saturated rings. The largest absolute Gasteiger partial charge is 0.419 e. The zero-order valence-electron chi connectivity index (χ0n) is 11.0. The number of hydrogen-bond acceptors (Lipinski definition) is 2. The van der Waals surface area contributed by atoms with Gasteiger partial charge >= 0.3 is 6.18 Å². The van der Waals surface area contributed by atoms with Crippen LogP contribution in [0.5, 0.6) is 0 Å². The summed E-state index contributed by atoms with van der Waals surface area (Å²) in [5.41, 5.74) is -1.60. The molecule has 0 radical (unpaired) electrons. The number of likely N-dealkylation sites (tertiary alicyclic amines) is 1. The number of carbonyl (C=O) groups excluding carboxylic acids is 2. The third-order valence-electron chi connectivity index (χ3n) is 3.20. The summed E-state index contributed by atoms with van der Waals surface area (Å²) < 4.78 is 50.5. The summed E-state index contributed by atoms with van der Waals surface area (Å²) in [6.45, 7) is 2.07. The van der Waals surface area contributed by atoms with Gasteiger partial charge in [0, 0.05) is 25.6 Å².